The van der Waals surface area contributed by atoms with E-state index in [4.69, 9.17) is 5.73 Å². The summed E-state index contributed by atoms with van der Waals surface area (Å²) in [6.45, 7) is 10.5. The second-order valence-electron chi connectivity index (χ2n) is 5.17. The fourth-order valence-corrected chi connectivity index (χ4v) is 2.77. The van der Waals surface area contributed by atoms with Crippen molar-refractivity contribution in [3.8, 4) is 0 Å². The molecule has 0 heterocycles. The van der Waals surface area contributed by atoms with Gasteiger partial charge in [-0.1, -0.05) is 13.0 Å². The van der Waals surface area contributed by atoms with E-state index >= 15 is 0 Å². The highest BCUT2D eigenvalue weighted by Gasteiger charge is 2.21. The number of nitrogens with two attached hydrogens (primary N) is 1. The third kappa shape index (κ3) is 4.67. The van der Waals surface area contributed by atoms with Gasteiger partial charge in [-0.05, 0) is 57.0 Å². The molecule has 0 radical (unpaired) electrons. The zero-order valence-corrected chi connectivity index (χ0v) is 10.8. The number of rotatable bonds is 7. The number of hydrogen-bond donors (Lipinski definition) is 1. The largest absolute Gasteiger partial charge is 0.330 e. The molecule has 94 valence electrons. The number of hydrogen-bond acceptors (Lipinski definition) is 2. The maximum atomic E-state index is 5.72. The molecule has 0 aromatic rings. The maximum Gasteiger partial charge on any atom is 0.0160 e. The third-order valence-electron chi connectivity index (χ3n) is 3.74. The molecular formula is C14H28N2. The van der Waals surface area contributed by atoms with Gasteiger partial charge in [-0.15, -0.1) is 6.58 Å². The minimum Gasteiger partial charge on any atom is -0.330 e. The van der Waals surface area contributed by atoms with Gasteiger partial charge in [-0.3, -0.25) is 4.90 Å². The third-order valence-corrected chi connectivity index (χ3v) is 3.74. The van der Waals surface area contributed by atoms with E-state index in [0.29, 0.717) is 0 Å². The van der Waals surface area contributed by atoms with E-state index in [1.54, 1.807) is 0 Å². The fourth-order valence-electron chi connectivity index (χ4n) is 2.77. The van der Waals surface area contributed by atoms with Gasteiger partial charge < -0.3 is 5.73 Å². The molecule has 1 aliphatic carbocycles. The van der Waals surface area contributed by atoms with Crippen molar-refractivity contribution in [3.05, 3.63) is 12.7 Å². The smallest absolute Gasteiger partial charge is 0.0160 e. The van der Waals surface area contributed by atoms with Crippen LogP contribution >= 0.6 is 0 Å². The molecule has 1 rings (SSSR count). The normalized spacial score (nSPS) is 25.9. The molecule has 1 saturated carbocycles. The Hall–Kier alpha value is -0.340. The summed E-state index contributed by atoms with van der Waals surface area (Å²) in [4.78, 5) is 2.54. The van der Waals surface area contributed by atoms with Gasteiger partial charge in [0.2, 0.25) is 0 Å². The van der Waals surface area contributed by atoms with Gasteiger partial charge in [0, 0.05) is 13.1 Å². The van der Waals surface area contributed by atoms with Crippen LogP contribution in [0.25, 0.3) is 0 Å². The van der Waals surface area contributed by atoms with Gasteiger partial charge in [-0.2, -0.15) is 0 Å². The van der Waals surface area contributed by atoms with Crippen LogP contribution in [0.2, 0.25) is 0 Å². The molecule has 1 aliphatic rings. The highest BCUT2D eigenvalue weighted by molar-refractivity contribution is 4.79. The van der Waals surface area contributed by atoms with Crippen LogP contribution in [0, 0.1) is 11.8 Å². The minimum absolute atomic E-state index is 0.801. The average molecular weight is 224 g/mol. The lowest BCUT2D eigenvalue weighted by atomic mass is 9.82. The summed E-state index contributed by atoms with van der Waals surface area (Å²) >= 11 is 0. The van der Waals surface area contributed by atoms with Crippen molar-refractivity contribution < 1.29 is 0 Å². The molecule has 0 saturated heterocycles. The molecule has 0 aliphatic heterocycles. The predicted octanol–water partition coefficient (Wildman–Crippen LogP) is 2.65. The van der Waals surface area contributed by atoms with E-state index in [1.807, 2.05) is 6.08 Å². The monoisotopic (exact) mass is 224 g/mol. The van der Waals surface area contributed by atoms with Crippen molar-refractivity contribution in [2.75, 3.05) is 26.2 Å². The first kappa shape index (κ1) is 13.7. The van der Waals surface area contributed by atoms with Gasteiger partial charge in [0.15, 0.2) is 0 Å². The van der Waals surface area contributed by atoms with E-state index in [1.165, 1.54) is 45.2 Å². The SMILES string of the molecule is C=CCN(CCC)CC1CCC(CN)CC1. The van der Waals surface area contributed by atoms with Gasteiger partial charge in [0.05, 0.1) is 0 Å². The Kier molecular flexibility index (Phi) is 6.74. The molecule has 1 fully saturated rings. The summed E-state index contributed by atoms with van der Waals surface area (Å²) in [6, 6.07) is 0. The van der Waals surface area contributed by atoms with Crippen LogP contribution in [0.1, 0.15) is 39.0 Å². The van der Waals surface area contributed by atoms with E-state index in [-0.39, 0.29) is 0 Å². The summed E-state index contributed by atoms with van der Waals surface area (Å²) in [7, 11) is 0. The minimum atomic E-state index is 0.801. The Morgan fingerprint density at radius 2 is 1.88 bits per heavy atom. The van der Waals surface area contributed by atoms with Crippen molar-refractivity contribution in [1.29, 1.82) is 0 Å². The highest BCUT2D eigenvalue weighted by Crippen LogP contribution is 2.28. The standard InChI is InChI=1S/C14H28N2/c1-3-9-16(10-4-2)12-14-7-5-13(11-15)6-8-14/h3,13-14H,1,4-12,15H2,2H3. The number of nitrogens with zero attached hydrogens (tertiary/aromatic N) is 1. The lowest BCUT2D eigenvalue weighted by molar-refractivity contribution is 0.193. The molecule has 2 heteroatoms. The predicted molar refractivity (Wildman–Crippen MR) is 71.4 cm³/mol. The Bertz CT molecular complexity index is 183. The van der Waals surface area contributed by atoms with Gasteiger partial charge in [0.25, 0.3) is 0 Å². The zero-order chi connectivity index (χ0) is 11.8. The summed E-state index contributed by atoms with van der Waals surface area (Å²) in [5.74, 6) is 1.70. The summed E-state index contributed by atoms with van der Waals surface area (Å²) in [5.41, 5.74) is 5.72. The van der Waals surface area contributed by atoms with Crippen LogP contribution in [0.5, 0.6) is 0 Å². The van der Waals surface area contributed by atoms with Crippen LogP contribution in [0.4, 0.5) is 0 Å². The van der Waals surface area contributed by atoms with Crippen molar-refractivity contribution in [1.82, 2.24) is 4.90 Å². The topological polar surface area (TPSA) is 29.3 Å². The molecule has 0 aromatic heterocycles. The average Bonchev–Trinajstić information content (AvgIpc) is 2.31. The quantitative estimate of drug-likeness (QED) is 0.674. The van der Waals surface area contributed by atoms with Crippen LogP contribution in [0.15, 0.2) is 12.7 Å². The molecule has 0 bridgehead atoms. The Morgan fingerprint density at radius 3 is 2.38 bits per heavy atom. The Balaban J connectivity index is 2.26. The molecule has 0 spiro atoms. The Labute approximate surface area is 101 Å². The van der Waals surface area contributed by atoms with E-state index in [9.17, 15) is 0 Å². The van der Waals surface area contributed by atoms with E-state index in [0.717, 1.165) is 24.9 Å². The molecule has 0 amide bonds. The summed E-state index contributed by atoms with van der Waals surface area (Å²) < 4.78 is 0. The fraction of sp³-hybridized carbons (Fsp3) is 0.857. The van der Waals surface area contributed by atoms with Crippen LogP contribution < -0.4 is 5.73 Å². The molecule has 0 unspecified atom stereocenters. The van der Waals surface area contributed by atoms with Gasteiger partial charge >= 0.3 is 0 Å². The van der Waals surface area contributed by atoms with Crippen molar-refractivity contribution >= 4 is 0 Å². The van der Waals surface area contributed by atoms with E-state index < -0.39 is 0 Å². The first-order valence-electron chi connectivity index (χ1n) is 6.83. The zero-order valence-electron chi connectivity index (χ0n) is 10.8. The highest BCUT2D eigenvalue weighted by atomic mass is 15.1. The van der Waals surface area contributed by atoms with Gasteiger partial charge in [0.1, 0.15) is 0 Å². The summed E-state index contributed by atoms with van der Waals surface area (Å²) in [5, 5.41) is 0. The lowest BCUT2D eigenvalue weighted by Crippen LogP contribution is -2.33. The molecule has 16 heavy (non-hydrogen) atoms. The van der Waals surface area contributed by atoms with Crippen molar-refractivity contribution in [2.45, 2.75) is 39.0 Å². The first-order chi connectivity index (χ1) is 7.80. The second kappa shape index (κ2) is 7.86. The Morgan fingerprint density at radius 1 is 1.25 bits per heavy atom. The molecule has 0 aromatic carbocycles. The first-order valence-corrected chi connectivity index (χ1v) is 6.83. The molecule has 0 atom stereocenters. The molecular weight excluding hydrogens is 196 g/mol. The second-order valence-corrected chi connectivity index (χ2v) is 5.17. The molecule has 2 nitrogen and oxygen atoms in total. The summed E-state index contributed by atoms with van der Waals surface area (Å²) in [6.07, 6.45) is 8.70. The van der Waals surface area contributed by atoms with Crippen LogP contribution in [0.3, 0.4) is 0 Å². The lowest BCUT2D eigenvalue weighted by Gasteiger charge is -2.31. The van der Waals surface area contributed by atoms with Crippen LogP contribution in [-0.2, 0) is 0 Å². The maximum absolute atomic E-state index is 5.72. The van der Waals surface area contributed by atoms with Gasteiger partial charge in [-0.25, -0.2) is 0 Å². The van der Waals surface area contributed by atoms with Crippen LogP contribution in [-0.4, -0.2) is 31.1 Å². The molecule has 2 N–H and O–H groups in total. The van der Waals surface area contributed by atoms with Crippen molar-refractivity contribution in [2.24, 2.45) is 17.6 Å². The van der Waals surface area contributed by atoms with E-state index in [2.05, 4.69) is 18.4 Å². The van der Waals surface area contributed by atoms with Crippen molar-refractivity contribution in [3.63, 3.8) is 0 Å².